The van der Waals surface area contributed by atoms with E-state index in [9.17, 15) is 0 Å². The molecule has 0 aliphatic rings. The topological polar surface area (TPSA) is 61.0 Å². The Morgan fingerprint density at radius 1 is 1.00 bits per heavy atom. The SMILES string of the molecule is C=Cc1ccccc1.[N].[N]. The van der Waals surface area contributed by atoms with E-state index in [0.717, 1.165) is 0 Å². The number of benzene rings is 1. The van der Waals surface area contributed by atoms with Crippen LogP contribution in [0.25, 0.3) is 6.08 Å². The van der Waals surface area contributed by atoms with Gasteiger partial charge in [0.25, 0.3) is 0 Å². The van der Waals surface area contributed by atoms with Crippen LogP contribution < -0.4 is 12.3 Å². The lowest BCUT2D eigenvalue weighted by molar-refractivity contribution is 1.67. The van der Waals surface area contributed by atoms with E-state index in [1.807, 2.05) is 36.4 Å². The van der Waals surface area contributed by atoms with Crippen molar-refractivity contribution in [1.29, 1.82) is 0 Å². The van der Waals surface area contributed by atoms with Gasteiger partial charge in [0.15, 0.2) is 0 Å². The molecule has 0 bridgehead atoms. The zero-order chi connectivity index (χ0) is 5.82. The molecule has 1 aromatic carbocycles. The highest BCUT2D eigenvalue weighted by Gasteiger charge is 1.75. The molecule has 10 heavy (non-hydrogen) atoms. The van der Waals surface area contributed by atoms with Crippen molar-refractivity contribution < 1.29 is 0 Å². The van der Waals surface area contributed by atoms with Crippen LogP contribution in [0.5, 0.6) is 0 Å². The summed E-state index contributed by atoms with van der Waals surface area (Å²) in [5.74, 6) is 0. The molecular formula is C8H8N2. The molecule has 0 heterocycles. The predicted molar refractivity (Wildman–Crippen MR) is 40.8 cm³/mol. The van der Waals surface area contributed by atoms with Crippen molar-refractivity contribution in [2.75, 3.05) is 0 Å². The maximum atomic E-state index is 3.63. The molecule has 0 spiro atoms. The Morgan fingerprint density at radius 2 is 1.50 bits per heavy atom. The summed E-state index contributed by atoms with van der Waals surface area (Å²) in [7, 11) is 0. The third-order valence-electron chi connectivity index (χ3n) is 1.04. The molecule has 0 amide bonds. The van der Waals surface area contributed by atoms with Crippen LogP contribution in [0.15, 0.2) is 36.9 Å². The Kier molecular flexibility index (Phi) is 7.00. The summed E-state index contributed by atoms with van der Waals surface area (Å²) in [5.41, 5.74) is 1.17. The first kappa shape index (κ1) is 11.6. The highest BCUT2D eigenvalue weighted by atomic mass is 14.0. The van der Waals surface area contributed by atoms with E-state index in [1.165, 1.54) is 5.56 Å². The van der Waals surface area contributed by atoms with E-state index in [2.05, 4.69) is 6.58 Å². The van der Waals surface area contributed by atoms with Gasteiger partial charge in [0, 0.05) is 12.3 Å². The zero-order valence-corrected chi connectivity index (χ0v) is 5.57. The number of rotatable bonds is 1. The van der Waals surface area contributed by atoms with Crippen LogP contribution in [0.4, 0.5) is 0 Å². The summed E-state index contributed by atoms with van der Waals surface area (Å²) in [4.78, 5) is 0. The van der Waals surface area contributed by atoms with Crippen molar-refractivity contribution in [1.82, 2.24) is 12.3 Å². The Balaban J connectivity index is 0. The predicted octanol–water partition coefficient (Wildman–Crippen LogP) is 1.37. The van der Waals surface area contributed by atoms with E-state index in [-0.39, 0.29) is 12.3 Å². The third kappa shape index (κ3) is 3.02. The summed E-state index contributed by atoms with van der Waals surface area (Å²) in [6.07, 6.45) is 1.83. The van der Waals surface area contributed by atoms with Crippen LogP contribution in [0.1, 0.15) is 5.56 Å². The summed E-state index contributed by atoms with van der Waals surface area (Å²) in [5, 5.41) is 0. The van der Waals surface area contributed by atoms with Crippen molar-refractivity contribution in [3.05, 3.63) is 42.5 Å². The molecule has 1 aromatic rings. The molecule has 6 radical (unpaired) electrons. The number of hydrogen-bond donors (Lipinski definition) is 0. The van der Waals surface area contributed by atoms with Crippen molar-refractivity contribution >= 4 is 6.08 Å². The molecule has 50 valence electrons. The average molecular weight is 132 g/mol. The second-order valence-corrected chi connectivity index (χ2v) is 1.61. The molecule has 0 saturated carbocycles. The first-order valence-corrected chi connectivity index (χ1v) is 2.61. The summed E-state index contributed by atoms with van der Waals surface area (Å²) >= 11 is 0. The largest absolute Gasteiger partial charge is 0.0985 e. The van der Waals surface area contributed by atoms with Crippen molar-refractivity contribution in [2.24, 2.45) is 0 Å². The van der Waals surface area contributed by atoms with Gasteiger partial charge in [-0.25, -0.2) is 0 Å². The molecule has 1 rings (SSSR count). The fourth-order valence-electron chi connectivity index (χ4n) is 0.589. The molecule has 0 N–H and O–H groups in total. The Bertz CT molecular complexity index is 170. The monoisotopic (exact) mass is 132 g/mol. The van der Waals surface area contributed by atoms with E-state index < -0.39 is 0 Å². The second kappa shape index (κ2) is 6.01. The van der Waals surface area contributed by atoms with Gasteiger partial charge in [0.05, 0.1) is 0 Å². The average Bonchev–Trinajstić information content (AvgIpc) is 1.90. The molecule has 0 unspecified atom stereocenters. The first-order chi connectivity index (χ1) is 3.93. The quantitative estimate of drug-likeness (QED) is 0.554. The van der Waals surface area contributed by atoms with Crippen molar-refractivity contribution in [2.45, 2.75) is 0 Å². The number of nitrogens with zero attached hydrogens (tertiary/aromatic N) is 2. The van der Waals surface area contributed by atoms with Crippen LogP contribution >= 0.6 is 0 Å². The molecular weight excluding hydrogens is 124 g/mol. The van der Waals surface area contributed by atoms with Gasteiger partial charge in [0.1, 0.15) is 0 Å². The highest BCUT2D eigenvalue weighted by Crippen LogP contribution is 1.97. The minimum Gasteiger partial charge on any atom is -0.0985 e. The molecule has 0 atom stereocenters. The molecule has 2 nitrogen and oxygen atoms in total. The van der Waals surface area contributed by atoms with Gasteiger partial charge in [-0.2, -0.15) is 0 Å². The Hall–Kier alpha value is -1.12. The molecule has 0 aliphatic heterocycles. The fraction of sp³-hybridized carbons (Fsp3) is 0. The van der Waals surface area contributed by atoms with Gasteiger partial charge >= 0.3 is 0 Å². The van der Waals surface area contributed by atoms with Crippen molar-refractivity contribution in [3.8, 4) is 0 Å². The Morgan fingerprint density at radius 3 is 1.80 bits per heavy atom. The lowest BCUT2D eigenvalue weighted by atomic mass is 10.2. The van der Waals surface area contributed by atoms with Crippen LogP contribution in [-0.2, 0) is 0 Å². The van der Waals surface area contributed by atoms with E-state index in [4.69, 9.17) is 0 Å². The maximum Gasteiger partial charge on any atom is 0 e. The number of hydrogen-bond acceptors (Lipinski definition) is 0. The smallest absolute Gasteiger partial charge is 0 e. The summed E-state index contributed by atoms with van der Waals surface area (Å²) in [6.45, 7) is 3.63. The normalized spacial score (nSPS) is 6.80. The van der Waals surface area contributed by atoms with E-state index >= 15 is 0 Å². The van der Waals surface area contributed by atoms with Crippen LogP contribution in [0.3, 0.4) is 0 Å². The lowest BCUT2D eigenvalue weighted by Crippen LogP contribution is -1.63. The van der Waals surface area contributed by atoms with Crippen LogP contribution in [-0.4, -0.2) is 0 Å². The van der Waals surface area contributed by atoms with E-state index in [0.29, 0.717) is 0 Å². The van der Waals surface area contributed by atoms with Gasteiger partial charge in [-0.3, -0.25) is 0 Å². The third-order valence-corrected chi connectivity index (χ3v) is 1.04. The maximum absolute atomic E-state index is 3.63. The molecule has 0 aromatic heterocycles. The van der Waals surface area contributed by atoms with Gasteiger partial charge < -0.3 is 0 Å². The molecule has 2 heteroatoms. The first-order valence-electron chi connectivity index (χ1n) is 2.61. The minimum atomic E-state index is 0. The van der Waals surface area contributed by atoms with Gasteiger partial charge in [-0.05, 0) is 5.56 Å². The summed E-state index contributed by atoms with van der Waals surface area (Å²) < 4.78 is 0. The van der Waals surface area contributed by atoms with Gasteiger partial charge in [-0.15, -0.1) is 0 Å². The molecule has 0 aliphatic carbocycles. The fourth-order valence-corrected chi connectivity index (χ4v) is 0.589. The standard InChI is InChI=1S/C8H8.2N/c1-2-8-6-4-3-5-7-8;;/h2-7H,1H2;;. The second-order valence-electron chi connectivity index (χ2n) is 1.61. The minimum absolute atomic E-state index is 0. The molecule has 0 saturated heterocycles. The molecule has 0 fully saturated rings. The van der Waals surface area contributed by atoms with E-state index in [1.54, 1.807) is 0 Å². The van der Waals surface area contributed by atoms with Gasteiger partial charge in [0.2, 0.25) is 0 Å². The van der Waals surface area contributed by atoms with Crippen LogP contribution in [0.2, 0.25) is 0 Å². The van der Waals surface area contributed by atoms with Crippen molar-refractivity contribution in [3.63, 3.8) is 0 Å². The highest BCUT2D eigenvalue weighted by molar-refractivity contribution is 5.45. The zero-order valence-electron chi connectivity index (χ0n) is 5.57. The summed E-state index contributed by atoms with van der Waals surface area (Å²) in [6, 6.07) is 10.0. The lowest BCUT2D eigenvalue weighted by Gasteiger charge is -1.85. The Labute approximate surface area is 61.7 Å². The van der Waals surface area contributed by atoms with Gasteiger partial charge in [-0.1, -0.05) is 43.0 Å². The van der Waals surface area contributed by atoms with Crippen LogP contribution in [0, 0.1) is 0 Å².